The van der Waals surface area contributed by atoms with E-state index in [1.807, 2.05) is 6.08 Å². The van der Waals surface area contributed by atoms with E-state index in [4.69, 9.17) is 14.2 Å². The molecule has 11 heteroatoms. The van der Waals surface area contributed by atoms with Crippen LogP contribution in [-0.2, 0) is 23.8 Å². The van der Waals surface area contributed by atoms with E-state index in [2.05, 4.69) is 55.6 Å². The Kier molecular flexibility index (Phi) is 45.8. The summed E-state index contributed by atoms with van der Waals surface area (Å²) in [6.45, 7) is 4.24. The van der Waals surface area contributed by atoms with Crippen LogP contribution in [0.2, 0.25) is 0 Å². The number of aliphatic hydroxyl groups is 5. The van der Waals surface area contributed by atoms with E-state index in [9.17, 15) is 35.1 Å². The van der Waals surface area contributed by atoms with Gasteiger partial charge >= 0.3 is 5.97 Å². The van der Waals surface area contributed by atoms with Crippen molar-refractivity contribution in [2.45, 2.75) is 294 Å². The third kappa shape index (κ3) is 38.3. The average molecular weight is 991 g/mol. The van der Waals surface area contributed by atoms with Gasteiger partial charge in [0.1, 0.15) is 24.4 Å². The second kappa shape index (κ2) is 48.9. The van der Waals surface area contributed by atoms with Crippen LogP contribution in [0.5, 0.6) is 0 Å². The molecule has 408 valence electrons. The molecule has 7 unspecified atom stereocenters. The fourth-order valence-electron chi connectivity index (χ4n) is 8.77. The van der Waals surface area contributed by atoms with Crippen LogP contribution in [-0.4, -0.2) is 100 Å². The number of amides is 1. The van der Waals surface area contributed by atoms with Gasteiger partial charge in [-0.15, -0.1) is 0 Å². The minimum atomic E-state index is -1.58. The first-order valence-electron chi connectivity index (χ1n) is 28.9. The highest BCUT2D eigenvalue weighted by molar-refractivity contribution is 5.76. The normalized spacial score (nSPS) is 19.6. The van der Waals surface area contributed by atoms with Crippen LogP contribution < -0.4 is 5.32 Å². The lowest BCUT2D eigenvalue weighted by Crippen LogP contribution is -2.60. The molecule has 6 N–H and O–H groups in total. The highest BCUT2D eigenvalue weighted by atomic mass is 16.7. The van der Waals surface area contributed by atoms with E-state index in [-0.39, 0.29) is 18.5 Å². The monoisotopic (exact) mass is 990 g/mol. The van der Waals surface area contributed by atoms with Gasteiger partial charge in [-0.05, 0) is 89.9 Å². The lowest BCUT2D eigenvalue weighted by Gasteiger charge is -2.40. The maximum Gasteiger partial charge on any atom is 0.305 e. The zero-order valence-electron chi connectivity index (χ0n) is 44.7. The SMILES string of the molecule is CCCCC/C=C\CCCCCCCC(=O)OCCCCC/C=C\C=C/CCCCCCCCC(=O)NC(COC1OC(CO)C(O)C(O)C1O)C(O)/C=C/CCCCCCCCCCCCCCC. The summed E-state index contributed by atoms with van der Waals surface area (Å²) in [7, 11) is 0. The van der Waals surface area contributed by atoms with E-state index in [1.54, 1.807) is 6.08 Å². The number of rotatable bonds is 49. The number of esters is 1. The van der Waals surface area contributed by atoms with Gasteiger partial charge in [0.15, 0.2) is 6.29 Å². The summed E-state index contributed by atoms with van der Waals surface area (Å²) in [6, 6.07) is -0.828. The van der Waals surface area contributed by atoms with Crippen molar-refractivity contribution in [2.24, 2.45) is 0 Å². The predicted octanol–water partition coefficient (Wildman–Crippen LogP) is 12.9. The smallest absolute Gasteiger partial charge is 0.305 e. The Labute approximate surface area is 427 Å². The number of unbranched alkanes of at least 4 members (excludes halogenated alkanes) is 30. The molecule has 1 aliphatic rings. The van der Waals surface area contributed by atoms with Gasteiger partial charge in [0.05, 0.1) is 32.0 Å². The molecule has 7 atom stereocenters. The van der Waals surface area contributed by atoms with Crippen molar-refractivity contribution in [1.29, 1.82) is 0 Å². The van der Waals surface area contributed by atoms with Crippen LogP contribution in [0.15, 0.2) is 48.6 Å². The van der Waals surface area contributed by atoms with Crippen LogP contribution in [0.4, 0.5) is 0 Å². The predicted molar refractivity (Wildman–Crippen MR) is 287 cm³/mol. The molecule has 0 saturated carbocycles. The molecule has 0 aromatic heterocycles. The van der Waals surface area contributed by atoms with Gasteiger partial charge in [0, 0.05) is 12.8 Å². The number of hydrogen-bond donors (Lipinski definition) is 6. The second-order valence-electron chi connectivity index (χ2n) is 20.0. The summed E-state index contributed by atoms with van der Waals surface area (Å²) in [4.78, 5) is 25.1. The molecule has 0 bridgehead atoms. The minimum absolute atomic E-state index is 0.0515. The van der Waals surface area contributed by atoms with E-state index < -0.39 is 49.5 Å². The minimum Gasteiger partial charge on any atom is -0.466 e. The number of nitrogens with one attached hydrogen (secondary N) is 1. The van der Waals surface area contributed by atoms with Gasteiger partial charge < -0.3 is 45.1 Å². The third-order valence-corrected chi connectivity index (χ3v) is 13.4. The molecule has 1 saturated heterocycles. The van der Waals surface area contributed by atoms with Gasteiger partial charge in [0.2, 0.25) is 5.91 Å². The molecule has 1 aliphatic heterocycles. The van der Waals surface area contributed by atoms with E-state index in [0.717, 1.165) is 103 Å². The maximum absolute atomic E-state index is 13.0. The van der Waals surface area contributed by atoms with Gasteiger partial charge in [-0.2, -0.15) is 0 Å². The number of ether oxygens (including phenoxy) is 3. The molecule has 1 fully saturated rings. The van der Waals surface area contributed by atoms with Gasteiger partial charge in [-0.25, -0.2) is 0 Å². The molecule has 0 radical (unpaired) electrons. The highest BCUT2D eigenvalue weighted by Crippen LogP contribution is 2.23. The Bertz CT molecular complexity index is 1300. The fourth-order valence-corrected chi connectivity index (χ4v) is 8.77. The molecule has 70 heavy (non-hydrogen) atoms. The van der Waals surface area contributed by atoms with Crippen molar-refractivity contribution >= 4 is 11.9 Å². The summed E-state index contributed by atoms with van der Waals surface area (Å²) < 4.78 is 16.7. The van der Waals surface area contributed by atoms with E-state index >= 15 is 0 Å². The van der Waals surface area contributed by atoms with Crippen molar-refractivity contribution in [3.8, 4) is 0 Å². The molecule has 0 aromatic carbocycles. The standard InChI is InChI=1S/C59H107NO10/c1-3-5-7-9-11-13-15-17-19-22-25-29-33-37-41-45-52(62)51(50-69-59-58(67)57(66)56(65)53(49-61)70-59)60-54(63)46-42-38-34-30-26-23-20-18-21-24-28-32-36-40-44-48-68-55(64)47-43-39-35-31-27-16-14-12-10-8-6-4-2/h12,14,18,21,24,28,41,45,51-53,56-59,61-62,65-67H,3-11,13,15-17,19-20,22-23,25-27,29-40,42-44,46-50H2,1-2H3,(H,60,63)/b14-12-,21-18-,28-24-,45-41+. The molecule has 0 spiro atoms. The van der Waals surface area contributed by atoms with Crippen molar-refractivity contribution < 1.29 is 49.3 Å². The van der Waals surface area contributed by atoms with Crippen molar-refractivity contribution in [2.75, 3.05) is 19.8 Å². The van der Waals surface area contributed by atoms with Crippen molar-refractivity contribution in [3.63, 3.8) is 0 Å². The lowest BCUT2D eigenvalue weighted by molar-refractivity contribution is -0.302. The topological polar surface area (TPSA) is 175 Å². The van der Waals surface area contributed by atoms with Crippen LogP contribution in [0.3, 0.4) is 0 Å². The molecule has 11 nitrogen and oxygen atoms in total. The number of hydrogen-bond acceptors (Lipinski definition) is 10. The molecule has 0 aromatic rings. The maximum atomic E-state index is 13.0. The van der Waals surface area contributed by atoms with E-state index in [1.165, 1.54) is 122 Å². The quantitative estimate of drug-likeness (QED) is 0.0149. The molecule has 1 rings (SSSR count). The largest absolute Gasteiger partial charge is 0.466 e. The Morgan fingerprint density at radius 1 is 0.529 bits per heavy atom. The van der Waals surface area contributed by atoms with Crippen LogP contribution in [0.25, 0.3) is 0 Å². The van der Waals surface area contributed by atoms with E-state index in [0.29, 0.717) is 19.4 Å². The van der Waals surface area contributed by atoms with Gasteiger partial charge in [-0.3, -0.25) is 9.59 Å². The Morgan fingerprint density at radius 2 is 0.957 bits per heavy atom. The van der Waals surface area contributed by atoms with Crippen molar-refractivity contribution in [1.82, 2.24) is 5.32 Å². The number of carbonyl (C=O) groups is 2. The van der Waals surface area contributed by atoms with Gasteiger partial charge in [-0.1, -0.05) is 197 Å². The Hall–Kier alpha value is -2.38. The highest BCUT2D eigenvalue weighted by Gasteiger charge is 2.44. The second-order valence-corrected chi connectivity index (χ2v) is 20.0. The average Bonchev–Trinajstić information content (AvgIpc) is 3.36. The summed E-state index contributed by atoms with van der Waals surface area (Å²) in [5, 5.41) is 54.4. The summed E-state index contributed by atoms with van der Waals surface area (Å²) in [6.07, 6.45) is 50.4. The molecular weight excluding hydrogens is 883 g/mol. The van der Waals surface area contributed by atoms with Gasteiger partial charge in [0.25, 0.3) is 0 Å². The first-order valence-corrected chi connectivity index (χ1v) is 28.9. The van der Waals surface area contributed by atoms with Crippen LogP contribution >= 0.6 is 0 Å². The summed E-state index contributed by atoms with van der Waals surface area (Å²) >= 11 is 0. The first-order chi connectivity index (χ1) is 34.2. The third-order valence-electron chi connectivity index (χ3n) is 13.4. The Morgan fingerprint density at radius 3 is 1.49 bits per heavy atom. The molecular formula is C59H107NO10. The number of aliphatic hydroxyl groups excluding tert-OH is 5. The summed E-state index contributed by atoms with van der Waals surface area (Å²) in [5.74, 6) is -0.256. The first kappa shape index (κ1) is 65.6. The van der Waals surface area contributed by atoms with Crippen LogP contribution in [0.1, 0.15) is 251 Å². The van der Waals surface area contributed by atoms with Crippen LogP contribution in [0, 0.1) is 0 Å². The van der Waals surface area contributed by atoms with Crippen molar-refractivity contribution in [3.05, 3.63) is 48.6 Å². The summed E-state index contributed by atoms with van der Waals surface area (Å²) in [5.41, 5.74) is 0. The lowest BCUT2D eigenvalue weighted by atomic mass is 9.99. The number of allylic oxidation sites excluding steroid dienone is 7. The fraction of sp³-hybridized carbons (Fsp3) is 0.831. The number of carbonyl (C=O) groups excluding carboxylic acids is 2. The molecule has 1 heterocycles. The molecule has 1 amide bonds. The zero-order chi connectivity index (χ0) is 51.0. The Balaban J connectivity index is 2.20. The molecule has 0 aliphatic carbocycles. The zero-order valence-corrected chi connectivity index (χ0v) is 44.7.